The van der Waals surface area contributed by atoms with Crippen LogP contribution in [0.1, 0.15) is 16.1 Å². The molecule has 2 aromatic rings. The Bertz CT molecular complexity index is 621. The van der Waals surface area contributed by atoms with Crippen LogP contribution in [0.3, 0.4) is 0 Å². The van der Waals surface area contributed by atoms with E-state index in [1.807, 2.05) is 0 Å². The van der Waals surface area contributed by atoms with E-state index in [1.165, 1.54) is 0 Å². The molecule has 0 atom stereocenters. The number of hydrogen-bond acceptors (Lipinski definition) is 3. The highest BCUT2D eigenvalue weighted by Gasteiger charge is 2.11. The van der Waals surface area contributed by atoms with Crippen LogP contribution in [-0.2, 0) is 11.2 Å². The molecule has 0 aliphatic rings. The molecule has 2 rings (SSSR count). The van der Waals surface area contributed by atoms with Crippen LogP contribution in [0.5, 0.6) is 0 Å². The molecule has 1 aromatic carbocycles. The highest BCUT2D eigenvalue weighted by Crippen LogP contribution is 2.17. The number of carboxylic acid groups (broad SMARTS) is 1. The third-order valence-electron chi connectivity index (χ3n) is 2.34. The average molecular weight is 324 g/mol. The third-order valence-corrected chi connectivity index (χ3v) is 2.76. The van der Waals surface area contributed by atoms with Crippen LogP contribution in [0.2, 0.25) is 0 Å². The Labute approximate surface area is 117 Å². The number of nitrogens with one attached hydrogen (secondary N) is 1. The summed E-state index contributed by atoms with van der Waals surface area (Å²) in [6, 6.07) is 9.83. The lowest BCUT2D eigenvalue weighted by Crippen LogP contribution is -2.11. The highest BCUT2D eigenvalue weighted by atomic mass is 79.9. The molecular formula is C13H10BrNO4. The number of hydrogen-bond donors (Lipinski definition) is 2. The molecule has 5 nitrogen and oxygen atoms in total. The van der Waals surface area contributed by atoms with Crippen molar-refractivity contribution in [3.63, 3.8) is 0 Å². The summed E-state index contributed by atoms with van der Waals surface area (Å²) in [7, 11) is 0. The maximum atomic E-state index is 11.8. The van der Waals surface area contributed by atoms with E-state index in [2.05, 4.69) is 21.2 Å². The summed E-state index contributed by atoms with van der Waals surface area (Å²) >= 11 is 3.11. The summed E-state index contributed by atoms with van der Waals surface area (Å²) in [5.74, 6) is -1.13. The van der Waals surface area contributed by atoms with Crippen LogP contribution in [-0.4, -0.2) is 17.0 Å². The molecule has 0 saturated heterocycles. The lowest BCUT2D eigenvalue weighted by atomic mass is 10.1. The molecule has 19 heavy (non-hydrogen) atoms. The van der Waals surface area contributed by atoms with Crippen molar-refractivity contribution >= 4 is 33.5 Å². The normalized spacial score (nSPS) is 10.2. The number of carboxylic acids is 1. The van der Waals surface area contributed by atoms with Gasteiger partial charge in [-0.1, -0.05) is 12.1 Å². The molecule has 0 bridgehead atoms. The summed E-state index contributed by atoms with van der Waals surface area (Å²) in [4.78, 5) is 22.4. The largest absolute Gasteiger partial charge is 0.481 e. The van der Waals surface area contributed by atoms with E-state index < -0.39 is 11.9 Å². The lowest BCUT2D eigenvalue weighted by molar-refractivity contribution is -0.136. The fourth-order valence-corrected chi connectivity index (χ4v) is 1.87. The quantitative estimate of drug-likeness (QED) is 0.906. The predicted octanol–water partition coefficient (Wildman–Crippen LogP) is 2.92. The number of carbonyl (C=O) groups is 2. The Balaban J connectivity index is 2.10. The molecule has 6 heteroatoms. The fraction of sp³-hybridized carbons (Fsp3) is 0.0769. The molecule has 0 aliphatic carbocycles. The first kappa shape index (κ1) is 13.4. The molecule has 0 fully saturated rings. The van der Waals surface area contributed by atoms with Gasteiger partial charge in [-0.05, 0) is 45.8 Å². The van der Waals surface area contributed by atoms with E-state index in [4.69, 9.17) is 9.52 Å². The van der Waals surface area contributed by atoms with Gasteiger partial charge in [0, 0.05) is 5.69 Å². The Morgan fingerprint density at radius 2 is 2.05 bits per heavy atom. The number of furan rings is 1. The van der Waals surface area contributed by atoms with Gasteiger partial charge in [0.15, 0.2) is 10.4 Å². The van der Waals surface area contributed by atoms with Gasteiger partial charge in [-0.25, -0.2) is 0 Å². The monoisotopic (exact) mass is 323 g/mol. The summed E-state index contributed by atoms with van der Waals surface area (Å²) in [5, 5.41) is 11.4. The first-order chi connectivity index (χ1) is 9.04. The smallest absolute Gasteiger partial charge is 0.307 e. The second kappa shape index (κ2) is 5.71. The Kier molecular flexibility index (Phi) is 4.01. The molecule has 1 aromatic heterocycles. The standard InChI is InChI=1S/C13H10BrNO4/c14-11-5-4-10(19-11)13(18)15-9-3-1-2-8(6-9)7-12(16)17/h1-6H,7H2,(H,15,18)(H,16,17). The molecule has 98 valence electrons. The Morgan fingerprint density at radius 3 is 2.68 bits per heavy atom. The minimum Gasteiger partial charge on any atom is -0.481 e. The summed E-state index contributed by atoms with van der Waals surface area (Å²) in [6.07, 6.45) is -0.0873. The summed E-state index contributed by atoms with van der Waals surface area (Å²) < 4.78 is 5.59. The number of amides is 1. The molecule has 0 unspecified atom stereocenters. The second-order valence-electron chi connectivity index (χ2n) is 3.83. The Morgan fingerprint density at radius 1 is 1.26 bits per heavy atom. The van der Waals surface area contributed by atoms with Gasteiger partial charge in [0.05, 0.1) is 6.42 Å². The maximum absolute atomic E-state index is 11.8. The van der Waals surface area contributed by atoms with Crippen LogP contribution in [0, 0.1) is 0 Å². The fourth-order valence-electron chi connectivity index (χ4n) is 1.56. The van der Waals surface area contributed by atoms with Crippen molar-refractivity contribution in [2.24, 2.45) is 0 Å². The minimum absolute atomic E-state index is 0.0873. The molecule has 0 saturated carbocycles. The number of benzene rings is 1. The van der Waals surface area contributed by atoms with Gasteiger partial charge in [-0.3, -0.25) is 9.59 Å². The van der Waals surface area contributed by atoms with Crippen molar-refractivity contribution in [3.8, 4) is 0 Å². The van der Waals surface area contributed by atoms with Crippen LogP contribution in [0.15, 0.2) is 45.5 Å². The van der Waals surface area contributed by atoms with E-state index in [0.717, 1.165) is 0 Å². The summed E-state index contributed by atoms with van der Waals surface area (Å²) in [5.41, 5.74) is 1.14. The molecule has 0 radical (unpaired) electrons. The van der Waals surface area contributed by atoms with Gasteiger partial charge in [-0.15, -0.1) is 0 Å². The van der Waals surface area contributed by atoms with Crippen LogP contribution >= 0.6 is 15.9 Å². The van der Waals surface area contributed by atoms with Crippen LogP contribution < -0.4 is 5.32 Å². The van der Waals surface area contributed by atoms with Gasteiger partial charge < -0.3 is 14.8 Å². The number of rotatable bonds is 4. The number of aliphatic carboxylic acids is 1. The van der Waals surface area contributed by atoms with E-state index in [0.29, 0.717) is 15.9 Å². The molecule has 1 heterocycles. The summed E-state index contributed by atoms with van der Waals surface area (Å²) in [6.45, 7) is 0. The van der Waals surface area contributed by atoms with E-state index >= 15 is 0 Å². The second-order valence-corrected chi connectivity index (χ2v) is 4.61. The average Bonchev–Trinajstić information content (AvgIpc) is 2.75. The molecule has 2 N–H and O–H groups in total. The van der Waals surface area contributed by atoms with E-state index in [-0.39, 0.29) is 12.2 Å². The first-order valence-electron chi connectivity index (χ1n) is 5.42. The lowest BCUT2D eigenvalue weighted by Gasteiger charge is -2.05. The zero-order valence-electron chi connectivity index (χ0n) is 9.72. The van der Waals surface area contributed by atoms with E-state index in [1.54, 1.807) is 36.4 Å². The van der Waals surface area contributed by atoms with Crippen molar-refractivity contribution in [3.05, 3.63) is 52.4 Å². The number of halogens is 1. The molecular weight excluding hydrogens is 314 g/mol. The zero-order chi connectivity index (χ0) is 13.8. The van der Waals surface area contributed by atoms with Crippen molar-refractivity contribution in [2.45, 2.75) is 6.42 Å². The van der Waals surface area contributed by atoms with Gasteiger partial charge in [0.25, 0.3) is 5.91 Å². The van der Waals surface area contributed by atoms with Crippen LogP contribution in [0.25, 0.3) is 0 Å². The van der Waals surface area contributed by atoms with E-state index in [9.17, 15) is 9.59 Å². The van der Waals surface area contributed by atoms with Crippen molar-refractivity contribution in [1.29, 1.82) is 0 Å². The minimum atomic E-state index is -0.918. The third kappa shape index (κ3) is 3.69. The van der Waals surface area contributed by atoms with Gasteiger partial charge in [0.2, 0.25) is 0 Å². The Hall–Kier alpha value is -2.08. The van der Waals surface area contributed by atoms with Gasteiger partial charge in [-0.2, -0.15) is 0 Å². The molecule has 0 aliphatic heterocycles. The van der Waals surface area contributed by atoms with Crippen molar-refractivity contribution in [1.82, 2.24) is 0 Å². The molecule has 1 amide bonds. The SMILES string of the molecule is O=C(O)Cc1cccc(NC(=O)c2ccc(Br)o2)c1. The number of anilines is 1. The predicted molar refractivity (Wildman–Crippen MR) is 72.1 cm³/mol. The van der Waals surface area contributed by atoms with Crippen molar-refractivity contribution in [2.75, 3.05) is 5.32 Å². The van der Waals surface area contributed by atoms with Gasteiger partial charge in [0.1, 0.15) is 0 Å². The topological polar surface area (TPSA) is 79.5 Å². The van der Waals surface area contributed by atoms with Crippen molar-refractivity contribution < 1.29 is 19.1 Å². The molecule has 0 spiro atoms. The number of carbonyl (C=O) groups excluding carboxylic acids is 1. The highest BCUT2D eigenvalue weighted by molar-refractivity contribution is 9.10. The maximum Gasteiger partial charge on any atom is 0.307 e. The first-order valence-corrected chi connectivity index (χ1v) is 6.21. The van der Waals surface area contributed by atoms with Gasteiger partial charge >= 0.3 is 5.97 Å². The zero-order valence-corrected chi connectivity index (χ0v) is 11.3. The van der Waals surface area contributed by atoms with Crippen LogP contribution in [0.4, 0.5) is 5.69 Å².